The minimum absolute atomic E-state index is 0.152. The third kappa shape index (κ3) is 5.66. The second kappa shape index (κ2) is 10.9. The molecular formula is C30H25F4N7O. The van der Waals surface area contributed by atoms with Gasteiger partial charge in [-0.3, -0.25) is 9.78 Å². The fourth-order valence-electron chi connectivity index (χ4n) is 4.78. The highest BCUT2D eigenvalue weighted by atomic mass is 19.4. The molecule has 1 aliphatic rings. The van der Waals surface area contributed by atoms with Gasteiger partial charge in [0, 0.05) is 30.0 Å². The predicted octanol–water partition coefficient (Wildman–Crippen LogP) is 5.90. The number of carbonyl (C=O) groups excluding carboxylic acids is 1. The highest BCUT2D eigenvalue weighted by molar-refractivity contribution is 6.04. The Balaban J connectivity index is 1.36. The van der Waals surface area contributed by atoms with E-state index in [0.717, 1.165) is 29.6 Å². The molecule has 6 rings (SSSR count). The number of halogens is 4. The van der Waals surface area contributed by atoms with E-state index in [4.69, 9.17) is 5.73 Å². The van der Waals surface area contributed by atoms with Crippen LogP contribution in [0.1, 0.15) is 46.2 Å². The lowest BCUT2D eigenvalue weighted by Gasteiger charge is -2.21. The number of anilines is 2. The van der Waals surface area contributed by atoms with Crippen molar-refractivity contribution in [3.8, 4) is 5.69 Å². The van der Waals surface area contributed by atoms with Crippen molar-refractivity contribution < 1.29 is 22.4 Å². The highest BCUT2D eigenvalue weighted by Gasteiger charge is 2.36. The molecule has 3 aromatic heterocycles. The number of hydrogen-bond donors (Lipinski definition) is 3. The smallest absolute Gasteiger partial charge is 0.383 e. The number of hydrogen-bond acceptors (Lipinski definition) is 6. The summed E-state index contributed by atoms with van der Waals surface area (Å²) in [6, 6.07) is 14.6. The van der Waals surface area contributed by atoms with Crippen LogP contribution in [0.15, 0.2) is 79.3 Å². The van der Waals surface area contributed by atoms with Gasteiger partial charge in [0.05, 0.1) is 17.4 Å². The lowest BCUT2D eigenvalue weighted by atomic mass is 9.98. The molecule has 8 nitrogen and oxygen atoms in total. The van der Waals surface area contributed by atoms with E-state index < -0.39 is 29.3 Å². The Hall–Kier alpha value is -4.84. The topological polar surface area (TPSA) is 111 Å². The first-order valence-corrected chi connectivity index (χ1v) is 13.2. The molecule has 12 heteroatoms. The Morgan fingerprint density at radius 1 is 1.00 bits per heavy atom. The summed E-state index contributed by atoms with van der Waals surface area (Å²) in [5, 5.41) is 10.8. The van der Waals surface area contributed by atoms with E-state index in [2.05, 4.69) is 25.7 Å². The summed E-state index contributed by atoms with van der Waals surface area (Å²) in [6.07, 6.45) is 2.26. The molecule has 2 aromatic carbocycles. The number of alkyl halides is 3. The van der Waals surface area contributed by atoms with Crippen LogP contribution in [0.2, 0.25) is 0 Å². The monoisotopic (exact) mass is 575 g/mol. The average molecular weight is 576 g/mol. The van der Waals surface area contributed by atoms with Crippen molar-refractivity contribution in [1.82, 2.24) is 25.1 Å². The van der Waals surface area contributed by atoms with Crippen molar-refractivity contribution in [3.63, 3.8) is 0 Å². The quantitative estimate of drug-likeness (QED) is 0.199. The number of pyridine rings is 2. The van der Waals surface area contributed by atoms with Crippen LogP contribution in [-0.2, 0) is 6.18 Å². The molecular weight excluding hydrogens is 550 g/mol. The number of aromatic nitrogens is 4. The third-order valence-electron chi connectivity index (χ3n) is 7.18. The summed E-state index contributed by atoms with van der Waals surface area (Å²) in [4.78, 5) is 21.5. The van der Waals surface area contributed by atoms with Crippen LogP contribution in [-0.4, -0.2) is 32.2 Å². The van der Waals surface area contributed by atoms with Crippen LogP contribution in [0, 0.1) is 11.7 Å². The molecule has 1 atom stereocenters. The van der Waals surface area contributed by atoms with Crippen LogP contribution >= 0.6 is 0 Å². The molecule has 4 N–H and O–H groups in total. The number of benzene rings is 2. The van der Waals surface area contributed by atoms with Crippen LogP contribution in [0.4, 0.5) is 29.1 Å². The normalized spacial score (nSPS) is 14.2. The molecule has 0 radical (unpaired) electrons. The molecule has 5 aromatic rings. The predicted molar refractivity (Wildman–Crippen MR) is 149 cm³/mol. The molecule has 1 amide bonds. The molecule has 0 bridgehead atoms. The van der Waals surface area contributed by atoms with Gasteiger partial charge in [0.25, 0.3) is 5.91 Å². The Morgan fingerprint density at radius 3 is 2.52 bits per heavy atom. The fourth-order valence-corrected chi connectivity index (χ4v) is 4.78. The van der Waals surface area contributed by atoms with Gasteiger partial charge in [-0.1, -0.05) is 12.1 Å². The van der Waals surface area contributed by atoms with Crippen molar-refractivity contribution in [2.24, 2.45) is 5.92 Å². The van der Waals surface area contributed by atoms with E-state index in [1.54, 1.807) is 30.6 Å². The van der Waals surface area contributed by atoms with Crippen molar-refractivity contribution in [2.45, 2.75) is 25.1 Å². The molecule has 0 spiro atoms. The fraction of sp³-hybridized carbons (Fsp3) is 0.200. The van der Waals surface area contributed by atoms with Gasteiger partial charge in [0.15, 0.2) is 5.69 Å². The maximum absolute atomic E-state index is 15.0. The minimum atomic E-state index is -4.83. The van der Waals surface area contributed by atoms with Gasteiger partial charge in [-0.2, -0.15) is 18.3 Å². The summed E-state index contributed by atoms with van der Waals surface area (Å²) in [5.41, 5.74) is 5.79. The zero-order chi connectivity index (χ0) is 29.4. The zero-order valence-electron chi connectivity index (χ0n) is 22.1. The molecule has 3 heterocycles. The lowest BCUT2D eigenvalue weighted by molar-refractivity contribution is -0.141. The number of rotatable bonds is 8. The zero-order valence-corrected chi connectivity index (χ0v) is 22.1. The van der Waals surface area contributed by atoms with E-state index >= 15 is 4.39 Å². The van der Waals surface area contributed by atoms with Crippen LogP contribution < -0.4 is 16.4 Å². The van der Waals surface area contributed by atoms with Gasteiger partial charge < -0.3 is 16.4 Å². The van der Waals surface area contributed by atoms with Crippen molar-refractivity contribution in [1.29, 1.82) is 0 Å². The molecule has 42 heavy (non-hydrogen) atoms. The number of fused-ring (bicyclic) bond motifs is 1. The largest absolute Gasteiger partial charge is 0.435 e. The first kappa shape index (κ1) is 27.3. The first-order chi connectivity index (χ1) is 20.2. The van der Waals surface area contributed by atoms with E-state index in [1.807, 2.05) is 12.1 Å². The Kier molecular flexibility index (Phi) is 7.07. The SMILES string of the molecule is Nc1nccc2ccc(-n3nc(C(F)(F)F)cc3C(=O)Nc3cc(C(NCC4CC4)c4ccncc4)ccc3F)cc12. The Bertz CT molecular complexity index is 1770. The molecule has 214 valence electrons. The van der Waals surface area contributed by atoms with Gasteiger partial charge in [-0.25, -0.2) is 14.1 Å². The highest BCUT2D eigenvalue weighted by Crippen LogP contribution is 2.33. The Morgan fingerprint density at radius 2 is 1.79 bits per heavy atom. The molecule has 1 unspecified atom stereocenters. The number of nitrogens with zero attached hydrogens (tertiary/aromatic N) is 4. The van der Waals surface area contributed by atoms with E-state index in [1.165, 1.54) is 30.5 Å². The average Bonchev–Trinajstić information content (AvgIpc) is 3.68. The summed E-state index contributed by atoms with van der Waals surface area (Å²) in [5.74, 6) is -0.978. The number of nitrogens with two attached hydrogens (primary N) is 1. The number of amides is 1. The van der Waals surface area contributed by atoms with Crippen LogP contribution in [0.25, 0.3) is 16.5 Å². The first-order valence-electron chi connectivity index (χ1n) is 13.2. The maximum atomic E-state index is 15.0. The second-order valence-corrected chi connectivity index (χ2v) is 10.2. The van der Waals surface area contributed by atoms with Crippen molar-refractivity contribution >= 4 is 28.2 Å². The second-order valence-electron chi connectivity index (χ2n) is 10.2. The Labute approximate surface area is 237 Å². The number of carbonyl (C=O) groups is 1. The molecule has 1 saturated carbocycles. The summed E-state index contributed by atoms with van der Waals surface area (Å²) >= 11 is 0. The van der Waals surface area contributed by atoms with Gasteiger partial charge in [-0.05, 0) is 84.3 Å². The van der Waals surface area contributed by atoms with Crippen molar-refractivity contribution in [2.75, 3.05) is 17.6 Å². The lowest BCUT2D eigenvalue weighted by Crippen LogP contribution is -2.25. The van der Waals surface area contributed by atoms with Gasteiger partial charge in [-0.15, -0.1) is 0 Å². The number of nitrogens with one attached hydrogen (secondary N) is 2. The van der Waals surface area contributed by atoms with Gasteiger partial charge >= 0.3 is 6.18 Å². The maximum Gasteiger partial charge on any atom is 0.435 e. The molecule has 0 saturated heterocycles. The van der Waals surface area contributed by atoms with E-state index in [-0.39, 0.29) is 23.2 Å². The number of nitrogen functional groups attached to an aromatic ring is 1. The van der Waals surface area contributed by atoms with Crippen molar-refractivity contribution in [3.05, 3.63) is 108 Å². The van der Waals surface area contributed by atoms with E-state index in [9.17, 15) is 18.0 Å². The van der Waals surface area contributed by atoms with E-state index in [0.29, 0.717) is 28.3 Å². The van der Waals surface area contributed by atoms with Crippen LogP contribution in [0.3, 0.4) is 0 Å². The summed E-state index contributed by atoms with van der Waals surface area (Å²) < 4.78 is 57.0. The van der Waals surface area contributed by atoms with Crippen LogP contribution in [0.5, 0.6) is 0 Å². The van der Waals surface area contributed by atoms with Gasteiger partial charge in [0.1, 0.15) is 17.3 Å². The minimum Gasteiger partial charge on any atom is -0.383 e. The summed E-state index contributed by atoms with van der Waals surface area (Å²) in [6.45, 7) is 0.761. The summed E-state index contributed by atoms with van der Waals surface area (Å²) in [7, 11) is 0. The van der Waals surface area contributed by atoms with Gasteiger partial charge in [0.2, 0.25) is 0 Å². The standard InChI is InChI=1S/C30H25F4N7O/c31-23-6-4-20(27(38-16-17-1-2-17)19-7-10-36-11-8-19)13-24(23)39-29(42)25-15-26(30(32,33)34)40-41(25)21-5-3-18-9-12-37-28(35)22(18)14-21/h3-15,17,27,38H,1-2,16H2,(H2,35,37)(H,39,42). The third-order valence-corrected chi connectivity index (χ3v) is 7.18. The molecule has 1 aliphatic carbocycles. The molecule has 0 aliphatic heterocycles. The molecule has 1 fully saturated rings.